The fourth-order valence-corrected chi connectivity index (χ4v) is 2.06. The summed E-state index contributed by atoms with van der Waals surface area (Å²) in [7, 11) is 4.15. The highest BCUT2D eigenvalue weighted by Crippen LogP contribution is 2.39. The van der Waals surface area contributed by atoms with Crippen LogP contribution in [0.4, 0.5) is 0 Å². The Labute approximate surface area is 107 Å². The first kappa shape index (κ1) is 13.8. The summed E-state index contributed by atoms with van der Waals surface area (Å²) in [6.45, 7) is 0. The zero-order valence-electron chi connectivity index (χ0n) is 9.69. The lowest BCUT2D eigenvalue weighted by Crippen LogP contribution is -2.14. The van der Waals surface area contributed by atoms with Crippen molar-refractivity contribution in [3.63, 3.8) is 0 Å². The van der Waals surface area contributed by atoms with Crippen molar-refractivity contribution in [2.75, 3.05) is 21.3 Å². The quantitative estimate of drug-likeness (QED) is 0.857. The maximum atomic E-state index is 11.3. The van der Waals surface area contributed by atoms with E-state index in [4.69, 9.17) is 9.47 Å². The summed E-state index contributed by atoms with van der Waals surface area (Å²) >= 11 is 3.28. The highest BCUT2D eigenvalue weighted by atomic mass is 79.9. The smallest absolute Gasteiger partial charge is 0.339 e. The van der Waals surface area contributed by atoms with E-state index in [1.807, 2.05) is 0 Å². The number of hydrogen-bond donors (Lipinski definition) is 1. The molecular weight excluding hydrogens is 292 g/mol. The van der Waals surface area contributed by atoms with E-state index in [-0.39, 0.29) is 0 Å². The van der Waals surface area contributed by atoms with Crippen molar-refractivity contribution >= 4 is 21.9 Å². The summed E-state index contributed by atoms with van der Waals surface area (Å²) in [5.41, 5.74) is 0.312. The lowest BCUT2D eigenvalue weighted by molar-refractivity contribution is -0.150. The number of aliphatic hydroxyl groups excluding tert-OH is 1. The first-order valence-corrected chi connectivity index (χ1v) is 5.52. The van der Waals surface area contributed by atoms with Crippen molar-refractivity contribution in [1.29, 1.82) is 0 Å². The van der Waals surface area contributed by atoms with E-state index in [1.165, 1.54) is 21.3 Å². The zero-order chi connectivity index (χ0) is 13.0. The molecule has 1 aromatic rings. The van der Waals surface area contributed by atoms with Crippen LogP contribution in [0, 0.1) is 0 Å². The molecule has 1 atom stereocenters. The SMILES string of the molecule is COC(=O)C(O)c1ccc(OC)c(Br)c1OC. The molecule has 1 unspecified atom stereocenters. The molecule has 0 spiro atoms. The Morgan fingerprint density at radius 1 is 1.29 bits per heavy atom. The van der Waals surface area contributed by atoms with Crippen LogP contribution in [-0.4, -0.2) is 32.4 Å². The Kier molecular flexibility index (Phi) is 4.77. The van der Waals surface area contributed by atoms with Gasteiger partial charge in [-0.05, 0) is 28.1 Å². The van der Waals surface area contributed by atoms with Crippen molar-refractivity contribution in [2.24, 2.45) is 0 Å². The molecule has 1 aromatic carbocycles. The number of carbonyl (C=O) groups excluding carboxylic acids is 1. The van der Waals surface area contributed by atoms with Gasteiger partial charge < -0.3 is 19.3 Å². The Hall–Kier alpha value is -1.27. The minimum Gasteiger partial charge on any atom is -0.495 e. The van der Waals surface area contributed by atoms with E-state index >= 15 is 0 Å². The van der Waals surface area contributed by atoms with E-state index in [1.54, 1.807) is 12.1 Å². The number of halogens is 1. The van der Waals surface area contributed by atoms with Gasteiger partial charge in [0.1, 0.15) is 16.0 Å². The molecule has 0 saturated carbocycles. The molecule has 0 fully saturated rings. The van der Waals surface area contributed by atoms with Crippen LogP contribution in [0.25, 0.3) is 0 Å². The topological polar surface area (TPSA) is 65.0 Å². The Morgan fingerprint density at radius 2 is 1.94 bits per heavy atom. The van der Waals surface area contributed by atoms with Crippen LogP contribution in [0.5, 0.6) is 11.5 Å². The molecule has 5 nitrogen and oxygen atoms in total. The van der Waals surface area contributed by atoms with Crippen LogP contribution >= 0.6 is 15.9 Å². The summed E-state index contributed by atoms with van der Waals surface area (Å²) in [6.07, 6.45) is -1.39. The number of rotatable bonds is 4. The highest BCUT2D eigenvalue weighted by molar-refractivity contribution is 9.10. The van der Waals surface area contributed by atoms with E-state index < -0.39 is 12.1 Å². The molecule has 0 aliphatic rings. The minimum atomic E-state index is -1.39. The zero-order valence-corrected chi connectivity index (χ0v) is 11.3. The van der Waals surface area contributed by atoms with Gasteiger partial charge in [0.25, 0.3) is 0 Å². The van der Waals surface area contributed by atoms with E-state index in [9.17, 15) is 9.90 Å². The highest BCUT2D eigenvalue weighted by Gasteiger charge is 2.24. The van der Waals surface area contributed by atoms with Gasteiger partial charge >= 0.3 is 5.97 Å². The van der Waals surface area contributed by atoms with E-state index in [0.717, 1.165) is 0 Å². The van der Waals surface area contributed by atoms with Gasteiger partial charge in [-0.3, -0.25) is 0 Å². The molecule has 17 heavy (non-hydrogen) atoms. The van der Waals surface area contributed by atoms with Crippen molar-refractivity contribution in [2.45, 2.75) is 6.10 Å². The van der Waals surface area contributed by atoms with Crippen LogP contribution in [0.3, 0.4) is 0 Å². The first-order valence-electron chi connectivity index (χ1n) is 4.73. The normalized spacial score (nSPS) is 11.8. The van der Waals surface area contributed by atoms with E-state index in [2.05, 4.69) is 20.7 Å². The molecule has 6 heteroatoms. The summed E-state index contributed by atoms with van der Waals surface area (Å²) in [4.78, 5) is 11.3. The average Bonchev–Trinajstić information content (AvgIpc) is 2.36. The summed E-state index contributed by atoms with van der Waals surface area (Å²) in [5.74, 6) is 0.130. The number of carbonyl (C=O) groups is 1. The predicted molar refractivity (Wildman–Crippen MR) is 64.2 cm³/mol. The third-order valence-corrected chi connectivity index (χ3v) is 2.99. The third-order valence-electron chi connectivity index (χ3n) is 2.24. The Bertz CT molecular complexity index is 419. The van der Waals surface area contributed by atoms with Gasteiger partial charge in [-0.15, -0.1) is 0 Å². The number of aliphatic hydroxyl groups is 1. The molecule has 0 aliphatic carbocycles. The van der Waals surface area contributed by atoms with Crippen molar-refractivity contribution in [3.05, 3.63) is 22.2 Å². The molecule has 0 radical (unpaired) electrons. The maximum absolute atomic E-state index is 11.3. The van der Waals surface area contributed by atoms with Crippen LogP contribution in [-0.2, 0) is 9.53 Å². The molecular formula is C11H13BrO5. The van der Waals surface area contributed by atoms with Crippen LogP contribution in [0.1, 0.15) is 11.7 Å². The Balaban J connectivity index is 3.25. The molecule has 1 N–H and O–H groups in total. The first-order chi connectivity index (χ1) is 8.06. The molecule has 0 bridgehead atoms. The lowest BCUT2D eigenvalue weighted by Gasteiger charge is -2.16. The number of methoxy groups -OCH3 is 3. The molecule has 0 aromatic heterocycles. The molecule has 94 valence electrons. The number of hydrogen-bond acceptors (Lipinski definition) is 5. The van der Waals surface area contributed by atoms with Gasteiger partial charge in [0, 0.05) is 5.56 Å². The fraction of sp³-hybridized carbons (Fsp3) is 0.364. The summed E-state index contributed by atoms with van der Waals surface area (Å²) in [6, 6.07) is 3.16. The van der Waals surface area contributed by atoms with Gasteiger partial charge in [-0.25, -0.2) is 4.79 Å². The van der Waals surface area contributed by atoms with Crippen molar-refractivity contribution < 1.29 is 24.1 Å². The molecule has 0 heterocycles. The van der Waals surface area contributed by atoms with Crippen molar-refractivity contribution in [3.8, 4) is 11.5 Å². The van der Waals surface area contributed by atoms with Crippen LogP contribution < -0.4 is 9.47 Å². The van der Waals surface area contributed by atoms with Gasteiger partial charge in [-0.2, -0.15) is 0 Å². The van der Waals surface area contributed by atoms with Gasteiger partial charge in [-0.1, -0.05) is 0 Å². The number of benzene rings is 1. The van der Waals surface area contributed by atoms with Gasteiger partial charge in [0.2, 0.25) is 0 Å². The average molecular weight is 305 g/mol. The second-order valence-corrected chi connectivity index (χ2v) is 3.92. The second-order valence-electron chi connectivity index (χ2n) is 3.13. The second kappa shape index (κ2) is 5.88. The number of ether oxygens (including phenoxy) is 3. The largest absolute Gasteiger partial charge is 0.495 e. The van der Waals surface area contributed by atoms with E-state index in [0.29, 0.717) is 21.5 Å². The monoisotopic (exact) mass is 304 g/mol. The third kappa shape index (κ3) is 2.70. The van der Waals surface area contributed by atoms with Crippen molar-refractivity contribution in [1.82, 2.24) is 0 Å². The fourth-order valence-electron chi connectivity index (χ4n) is 1.37. The van der Waals surface area contributed by atoms with Gasteiger partial charge in [0.15, 0.2) is 6.10 Å². The molecule has 1 rings (SSSR count). The molecule has 0 saturated heterocycles. The summed E-state index contributed by atoms with van der Waals surface area (Å²) in [5, 5.41) is 9.77. The minimum absolute atomic E-state index is 0.312. The maximum Gasteiger partial charge on any atom is 0.339 e. The lowest BCUT2D eigenvalue weighted by atomic mass is 10.1. The van der Waals surface area contributed by atoms with Crippen LogP contribution in [0.2, 0.25) is 0 Å². The molecule has 0 aliphatic heterocycles. The molecule has 0 amide bonds. The standard InChI is InChI=1S/C11H13BrO5/c1-15-7-5-4-6(9(13)11(14)17-3)10(16-2)8(7)12/h4-5,9,13H,1-3H3. The predicted octanol–water partition coefficient (Wildman–Crippen LogP) is 1.67. The van der Waals surface area contributed by atoms with Crippen LogP contribution in [0.15, 0.2) is 16.6 Å². The van der Waals surface area contributed by atoms with Gasteiger partial charge in [0.05, 0.1) is 21.3 Å². The Morgan fingerprint density at radius 3 is 2.41 bits per heavy atom. The summed E-state index contributed by atoms with van der Waals surface area (Å²) < 4.78 is 15.2. The number of esters is 1.